The van der Waals surface area contributed by atoms with E-state index in [0.29, 0.717) is 25.1 Å². The molecule has 2 heterocycles. The Kier molecular flexibility index (Phi) is 5.79. The van der Waals surface area contributed by atoms with Crippen molar-refractivity contribution in [3.05, 3.63) is 18.0 Å². The monoisotopic (exact) mass is 348 g/mol. The highest BCUT2D eigenvalue weighted by atomic mass is 16.5. The zero-order valence-corrected chi connectivity index (χ0v) is 15.8. The Morgan fingerprint density at radius 1 is 1.36 bits per heavy atom. The number of nitrogens with zero attached hydrogens (tertiary/aromatic N) is 3. The van der Waals surface area contributed by atoms with Crippen molar-refractivity contribution in [2.24, 2.45) is 13.0 Å². The van der Waals surface area contributed by atoms with Gasteiger partial charge in [0.2, 0.25) is 0 Å². The van der Waals surface area contributed by atoms with Crippen LogP contribution in [0.5, 0.6) is 0 Å². The van der Waals surface area contributed by atoms with E-state index in [9.17, 15) is 4.79 Å². The van der Waals surface area contributed by atoms with Gasteiger partial charge < -0.3 is 10.1 Å². The van der Waals surface area contributed by atoms with E-state index in [2.05, 4.69) is 28.4 Å². The number of carbonyl (C=O) groups excluding carboxylic acids is 1. The molecular formula is C19H32N4O2. The molecule has 1 aliphatic carbocycles. The molecule has 6 heteroatoms. The topological polar surface area (TPSA) is 59.4 Å². The van der Waals surface area contributed by atoms with Crippen LogP contribution in [0.2, 0.25) is 0 Å². The van der Waals surface area contributed by atoms with Gasteiger partial charge in [0.1, 0.15) is 5.60 Å². The standard InChI is InChI=1S/C19H32N4O2/c1-4-25-19(10-5-6-11-19)18(24)20-14-15-8-7-13-22(2)17(15)16-9-12-21-23(16)3/h9,12,15,17H,4-8,10-11,13-14H2,1-3H3,(H,20,24)/t15-,17+/m0/s1. The van der Waals surface area contributed by atoms with Gasteiger partial charge in [-0.25, -0.2) is 0 Å². The van der Waals surface area contributed by atoms with Crippen LogP contribution in [0.25, 0.3) is 0 Å². The quantitative estimate of drug-likeness (QED) is 0.857. The Hall–Kier alpha value is -1.40. The van der Waals surface area contributed by atoms with Crippen LogP contribution in [0.4, 0.5) is 0 Å². The van der Waals surface area contributed by atoms with Gasteiger partial charge >= 0.3 is 0 Å². The van der Waals surface area contributed by atoms with Crippen LogP contribution in [0.3, 0.4) is 0 Å². The summed E-state index contributed by atoms with van der Waals surface area (Å²) in [5.74, 6) is 0.488. The lowest BCUT2D eigenvalue weighted by atomic mass is 9.87. The maximum absolute atomic E-state index is 12.9. The number of carbonyl (C=O) groups is 1. The summed E-state index contributed by atoms with van der Waals surface area (Å²) >= 11 is 0. The first kappa shape index (κ1) is 18.4. The highest BCUT2D eigenvalue weighted by Gasteiger charge is 2.42. The molecule has 0 aromatic carbocycles. The summed E-state index contributed by atoms with van der Waals surface area (Å²) < 4.78 is 7.85. The van der Waals surface area contributed by atoms with Gasteiger partial charge in [0, 0.05) is 26.4 Å². The molecule has 1 saturated heterocycles. The van der Waals surface area contributed by atoms with Gasteiger partial charge in [-0.1, -0.05) is 0 Å². The number of amides is 1. The lowest BCUT2D eigenvalue weighted by molar-refractivity contribution is -0.146. The fraction of sp³-hybridized carbons (Fsp3) is 0.789. The second-order valence-electron chi connectivity index (χ2n) is 7.55. The zero-order valence-electron chi connectivity index (χ0n) is 15.8. The molecule has 140 valence electrons. The SMILES string of the molecule is CCOC1(C(=O)NC[C@@H]2CCCN(C)[C@H]2c2ccnn2C)CCCC1. The first-order valence-corrected chi connectivity index (χ1v) is 9.68. The molecular weight excluding hydrogens is 316 g/mol. The van der Waals surface area contributed by atoms with Crippen molar-refractivity contribution in [2.45, 2.75) is 57.1 Å². The fourth-order valence-electron chi connectivity index (χ4n) is 4.66. The highest BCUT2D eigenvalue weighted by Crippen LogP contribution is 2.36. The van der Waals surface area contributed by atoms with Gasteiger partial charge in [-0.2, -0.15) is 5.10 Å². The molecule has 0 unspecified atom stereocenters. The summed E-state index contributed by atoms with van der Waals surface area (Å²) in [6, 6.07) is 2.40. The number of piperidine rings is 1. The van der Waals surface area contributed by atoms with Crippen LogP contribution in [0.1, 0.15) is 57.2 Å². The Bertz CT molecular complexity index is 580. The molecule has 2 atom stereocenters. The molecule has 6 nitrogen and oxygen atoms in total. The van der Waals surface area contributed by atoms with Crippen LogP contribution in [0.15, 0.2) is 12.3 Å². The number of aromatic nitrogens is 2. The van der Waals surface area contributed by atoms with Gasteiger partial charge in [0.25, 0.3) is 5.91 Å². The van der Waals surface area contributed by atoms with E-state index in [-0.39, 0.29) is 5.91 Å². The molecule has 1 aromatic heterocycles. The van der Waals surface area contributed by atoms with E-state index in [1.807, 2.05) is 24.9 Å². The van der Waals surface area contributed by atoms with E-state index in [1.165, 1.54) is 12.1 Å². The predicted octanol–water partition coefficient (Wildman–Crippen LogP) is 2.27. The number of ether oxygens (including phenoxy) is 1. The lowest BCUT2D eigenvalue weighted by Gasteiger charge is -2.39. The van der Waals surface area contributed by atoms with Crippen LogP contribution < -0.4 is 5.32 Å². The molecule has 0 bridgehead atoms. The normalized spacial score (nSPS) is 26.7. The molecule has 0 spiro atoms. The van der Waals surface area contributed by atoms with Crippen LogP contribution in [0, 0.1) is 5.92 Å². The second kappa shape index (κ2) is 7.87. The van der Waals surface area contributed by atoms with Crippen LogP contribution >= 0.6 is 0 Å². The minimum Gasteiger partial charge on any atom is -0.365 e. The summed E-state index contributed by atoms with van der Waals surface area (Å²) in [7, 11) is 4.17. The van der Waals surface area contributed by atoms with Gasteiger partial charge in [-0.05, 0) is 71.0 Å². The molecule has 1 saturated carbocycles. The van der Waals surface area contributed by atoms with Crippen LogP contribution in [-0.4, -0.2) is 52.9 Å². The average molecular weight is 348 g/mol. The zero-order chi connectivity index (χ0) is 17.9. The summed E-state index contributed by atoms with van der Waals surface area (Å²) in [5, 5.41) is 7.57. The number of rotatable bonds is 6. The Morgan fingerprint density at radius 2 is 2.12 bits per heavy atom. The third-order valence-electron chi connectivity index (χ3n) is 5.94. The van der Waals surface area contributed by atoms with Crippen LogP contribution in [-0.2, 0) is 16.6 Å². The number of hydrogen-bond acceptors (Lipinski definition) is 4. The largest absolute Gasteiger partial charge is 0.365 e. The third kappa shape index (κ3) is 3.75. The average Bonchev–Trinajstić information content (AvgIpc) is 3.23. The van der Waals surface area contributed by atoms with Gasteiger partial charge in [0.15, 0.2) is 0 Å². The molecule has 3 rings (SSSR count). The molecule has 1 N–H and O–H groups in total. The maximum Gasteiger partial charge on any atom is 0.252 e. The lowest BCUT2D eigenvalue weighted by Crippen LogP contribution is -2.50. The minimum atomic E-state index is -0.586. The molecule has 2 fully saturated rings. The van der Waals surface area contributed by atoms with Crippen molar-refractivity contribution in [2.75, 3.05) is 26.7 Å². The summed E-state index contributed by atoms with van der Waals surface area (Å²) in [6.45, 7) is 4.36. The molecule has 1 aromatic rings. The molecule has 2 aliphatic rings. The fourth-order valence-corrected chi connectivity index (χ4v) is 4.66. The van der Waals surface area contributed by atoms with E-state index in [0.717, 1.165) is 38.6 Å². The van der Waals surface area contributed by atoms with E-state index >= 15 is 0 Å². The Morgan fingerprint density at radius 3 is 2.76 bits per heavy atom. The molecule has 0 radical (unpaired) electrons. The van der Waals surface area contributed by atoms with Crippen molar-refractivity contribution >= 4 is 5.91 Å². The number of hydrogen-bond donors (Lipinski definition) is 1. The van der Waals surface area contributed by atoms with Crippen molar-refractivity contribution in [1.82, 2.24) is 20.0 Å². The predicted molar refractivity (Wildman–Crippen MR) is 97.1 cm³/mol. The first-order chi connectivity index (χ1) is 12.1. The minimum absolute atomic E-state index is 0.0869. The van der Waals surface area contributed by atoms with Gasteiger partial charge in [-0.15, -0.1) is 0 Å². The van der Waals surface area contributed by atoms with Crippen molar-refractivity contribution in [3.8, 4) is 0 Å². The maximum atomic E-state index is 12.9. The number of likely N-dealkylation sites (tertiary alicyclic amines) is 1. The van der Waals surface area contributed by atoms with Crippen molar-refractivity contribution in [1.29, 1.82) is 0 Å². The Labute approximate surface area is 150 Å². The summed E-state index contributed by atoms with van der Waals surface area (Å²) in [4.78, 5) is 15.3. The second-order valence-corrected chi connectivity index (χ2v) is 7.55. The van der Waals surface area contributed by atoms with E-state index < -0.39 is 5.60 Å². The van der Waals surface area contributed by atoms with Crippen molar-refractivity contribution in [3.63, 3.8) is 0 Å². The van der Waals surface area contributed by atoms with Gasteiger partial charge in [-0.3, -0.25) is 14.4 Å². The smallest absolute Gasteiger partial charge is 0.252 e. The van der Waals surface area contributed by atoms with E-state index in [1.54, 1.807) is 0 Å². The third-order valence-corrected chi connectivity index (χ3v) is 5.94. The molecule has 25 heavy (non-hydrogen) atoms. The summed E-state index contributed by atoms with van der Waals surface area (Å²) in [6.07, 6.45) is 8.01. The highest BCUT2D eigenvalue weighted by molar-refractivity contribution is 5.85. The Balaban J connectivity index is 1.68. The van der Waals surface area contributed by atoms with Crippen molar-refractivity contribution < 1.29 is 9.53 Å². The number of nitrogens with one attached hydrogen (secondary N) is 1. The van der Waals surface area contributed by atoms with Gasteiger partial charge in [0.05, 0.1) is 11.7 Å². The first-order valence-electron chi connectivity index (χ1n) is 9.68. The number of aryl methyl sites for hydroxylation is 1. The molecule has 1 amide bonds. The summed E-state index contributed by atoms with van der Waals surface area (Å²) in [5.41, 5.74) is 0.638. The molecule has 1 aliphatic heterocycles. The van der Waals surface area contributed by atoms with E-state index in [4.69, 9.17) is 4.74 Å².